The van der Waals surface area contributed by atoms with Gasteiger partial charge in [0.2, 0.25) is 11.8 Å². The molecule has 3 heterocycles. The number of carbonyl (C=O) groups is 1. The standard InChI is InChI=1S/C18H30N4O3/c1-21(2)16(23)18-7-6-17(18,12-19-13-18)15-20-24-11-14(25-15)10-22-8-4-3-5-9-22/h14,19H,3-13H2,1-2H3/t14-,17+,18-/m1/s1. The third-order valence-electron chi connectivity index (χ3n) is 6.57. The lowest BCUT2D eigenvalue weighted by Gasteiger charge is -2.54. The number of carbonyl (C=O) groups excluding carboxylic acids is 1. The van der Waals surface area contributed by atoms with Crippen LogP contribution in [-0.2, 0) is 14.4 Å². The van der Waals surface area contributed by atoms with Crippen molar-refractivity contribution in [3.05, 3.63) is 0 Å². The summed E-state index contributed by atoms with van der Waals surface area (Å²) in [7, 11) is 3.66. The Kier molecular flexibility index (Phi) is 4.40. The zero-order valence-corrected chi connectivity index (χ0v) is 15.4. The van der Waals surface area contributed by atoms with Crippen LogP contribution in [0.5, 0.6) is 0 Å². The van der Waals surface area contributed by atoms with Crippen molar-refractivity contribution in [2.24, 2.45) is 16.0 Å². The summed E-state index contributed by atoms with van der Waals surface area (Å²) in [6, 6.07) is 0. The highest BCUT2D eigenvalue weighted by Crippen LogP contribution is 2.61. The third kappa shape index (κ3) is 2.63. The molecule has 0 radical (unpaired) electrons. The van der Waals surface area contributed by atoms with Gasteiger partial charge >= 0.3 is 0 Å². The number of ether oxygens (including phenoxy) is 1. The highest BCUT2D eigenvalue weighted by molar-refractivity contribution is 5.96. The molecule has 7 nitrogen and oxygen atoms in total. The molecule has 1 N–H and O–H groups in total. The number of hydrogen-bond acceptors (Lipinski definition) is 6. The average Bonchev–Trinajstić information content (AvgIpc) is 2.87. The number of nitrogens with zero attached hydrogens (tertiary/aromatic N) is 3. The average molecular weight is 350 g/mol. The smallest absolute Gasteiger partial charge is 0.234 e. The largest absolute Gasteiger partial charge is 0.470 e. The number of likely N-dealkylation sites (tertiary alicyclic amines) is 1. The summed E-state index contributed by atoms with van der Waals surface area (Å²) in [5, 5.41) is 7.70. The zero-order chi connectivity index (χ0) is 17.5. The Bertz CT molecular complexity index is 561. The van der Waals surface area contributed by atoms with Crippen LogP contribution in [0, 0.1) is 10.8 Å². The maximum absolute atomic E-state index is 12.9. The lowest BCUT2D eigenvalue weighted by atomic mass is 9.50. The summed E-state index contributed by atoms with van der Waals surface area (Å²) in [5.41, 5.74) is -0.763. The Hall–Kier alpha value is -1.34. The predicted octanol–water partition coefficient (Wildman–Crippen LogP) is 0.659. The highest BCUT2D eigenvalue weighted by Gasteiger charge is 2.70. The highest BCUT2D eigenvalue weighted by atomic mass is 16.7. The maximum Gasteiger partial charge on any atom is 0.234 e. The van der Waals surface area contributed by atoms with Crippen LogP contribution in [0.15, 0.2) is 5.16 Å². The SMILES string of the molecule is CN(C)C(=O)[C@]12CC[C@@]1(C1=NOC[C@@H](CN3CCCCC3)O1)CNC2. The number of oxime groups is 1. The second-order valence-corrected chi connectivity index (χ2v) is 8.26. The van der Waals surface area contributed by atoms with E-state index in [2.05, 4.69) is 15.4 Å². The van der Waals surface area contributed by atoms with Crippen LogP contribution < -0.4 is 5.32 Å². The Morgan fingerprint density at radius 3 is 2.76 bits per heavy atom. The quantitative estimate of drug-likeness (QED) is 0.807. The van der Waals surface area contributed by atoms with Gasteiger partial charge in [-0.1, -0.05) is 11.6 Å². The van der Waals surface area contributed by atoms with Crippen LogP contribution in [0.1, 0.15) is 32.1 Å². The van der Waals surface area contributed by atoms with Crippen molar-refractivity contribution >= 4 is 11.8 Å². The first-order chi connectivity index (χ1) is 12.1. The molecule has 0 aromatic heterocycles. The van der Waals surface area contributed by atoms with Crippen LogP contribution in [0.4, 0.5) is 0 Å². The molecule has 0 aromatic carbocycles. The van der Waals surface area contributed by atoms with E-state index in [4.69, 9.17) is 9.57 Å². The van der Waals surface area contributed by atoms with E-state index in [-0.39, 0.29) is 17.4 Å². The summed E-state index contributed by atoms with van der Waals surface area (Å²) in [4.78, 5) is 22.6. The van der Waals surface area contributed by atoms with E-state index < -0.39 is 5.41 Å². The maximum atomic E-state index is 12.9. The monoisotopic (exact) mass is 350 g/mol. The van der Waals surface area contributed by atoms with Gasteiger partial charge in [-0.05, 0) is 38.8 Å². The van der Waals surface area contributed by atoms with E-state index in [1.807, 2.05) is 14.1 Å². The lowest BCUT2D eigenvalue weighted by Crippen LogP contribution is -2.63. The van der Waals surface area contributed by atoms with Gasteiger partial charge in [0.1, 0.15) is 6.10 Å². The fourth-order valence-corrected chi connectivity index (χ4v) is 5.05. The molecule has 3 fully saturated rings. The van der Waals surface area contributed by atoms with E-state index in [1.165, 1.54) is 19.3 Å². The third-order valence-corrected chi connectivity index (χ3v) is 6.57. The van der Waals surface area contributed by atoms with E-state index in [0.29, 0.717) is 19.0 Å². The summed E-state index contributed by atoms with van der Waals surface area (Å²) >= 11 is 0. The van der Waals surface area contributed by atoms with Gasteiger partial charge in [0.05, 0.1) is 10.8 Å². The zero-order valence-electron chi connectivity index (χ0n) is 15.4. The molecule has 4 rings (SSSR count). The molecule has 4 aliphatic rings. The van der Waals surface area contributed by atoms with Crippen LogP contribution in [0.25, 0.3) is 0 Å². The van der Waals surface area contributed by atoms with Gasteiger partial charge in [0.25, 0.3) is 0 Å². The van der Waals surface area contributed by atoms with Gasteiger partial charge in [-0.25, -0.2) is 0 Å². The minimum atomic E-state index is -0.425. The molecule has 1 aliphatic carbocycles. The lowest BCUT2D eigenvalue weighted by molar-refractivity contribution is -0.153. The minimum Gasteiger partial charge on any atom is -0.470 e. The molecule has 0 aromatic rings. The Morgan fingerprint density at radius 1 is 1.28 bits per heavy atom. The van der Waals surface area contributed by atoms with Gasteiger partial charge < -0.3 is 19.8 Å². The normalized spacial score (nSPS) is 38.0. The molecule has 140 valence electrons. The van der Waals surface area contributed by atoms with Crippen molar-refractivity contribution in [2.45, 2.75) is 38.2 Å². The molecule has 3 aliphatic heterocycles. The first-order valence-electron chi connectivity index (χ1n) is 9.59. The Labute approximate surface area is 149 Å². The van der Waals surface area contributed by atoms with E-state index >= 15 is 0 Å². The number of fused-ring (bicyclic) bond motifs is 1. The molecule has 1 saturated carbocycles. The fourth-order valence-electron chi connectivity index (χ4n) is 5.05. The van der Waals surface area contributed by atoms with E-state index in [0.717, 1.165) is 39.0 Å². The van der Waals surface area contributed by atoms with Gasteiger partial charge in [0, 0.05) is 33.7 Å². The van der Waals surface area contributed by atoms with Crippen molar-refractivity contribution < 1.29 is 14.4 Å². The predicted molar refractivity (Wildman–Crippen MR) is 94.2 cm³/mol. The number of rotatable bonds is 4. The van der Waals surface area contributed by atoms with Gasteiger partial charge in [-0.2, -0.15) is 0 Å². The van der Waals surface area contributed by atoms with E-state index in [9.17, 15) is 4.79 Å². The molecule has 0 bridgehead atoms. The Balaban J connectivity index is 1.49. The topological polar surface area (TPSA) is 66.4 Å². The summed E-state index contributed by atoms with van der Waals surface area (Å²) in [5.74, 6) is 0.820. The van der Waals surface area contributed by atoms with Crippen LogP contribution in [0.3, 0.4) is 0 Å². The minimum absolute atomic E-state index is 0.00772. The first kappa shape index (κ1) is 17.1. The molecule has 3 atom stereocenters. The van der Waals surface area contributed by atoms with Gasteiger partial charge in [-0.15, -0.1) is 0 Å². The molecule has 25 heavy (non-hydrogen) atoms. The first-order valence-corrected chi connectivity index (χ1v) is 9.59. The number of amides is 1. The second-order valence-electron chi connectivity index (χ2n) is 8.26. The molecular formula is C18H30N4O3. The summed E-state index contributed by atoms with van der Waals surface area (Å²) in [6.45, 7) is 5.11. The number of piperidine rings is 1. The van der Waals surface area contributed by atoms with Crippen molar-refractivity contribution in [1.29, 1.82) is 0 Å². The van der Waals surface area contributed by atoms with Crippen LogP contribution in [-0.4, -0.2) is 81.1 Å². The molecule has 7 heteroatoms. The molecule has 0 unspecified atom stereocenters. The van der Waals surface area contributed by atoms with Gasteiger partial charge in [0.15, 0.2) is 6.61 Å². The number of nitrogens with one attached hydrogen (secondary N) is 1. The molecule has 2 saturated heterocycles. The van der Waals surface area contributed by atoms with Crippen LogP contribution in [0.2, 0.25) is 0 Å². The number of hydrogen-bond donors (Lipinski definition) is 1. The second kappa shape index (κ2) is 6.43. The summed E-state index contributed by atoms with van der Waals surface area (Å²) < 4.78 is 6.33. The van der Waals surface area contributed by atoms with Crippen molar-refractivity contribution in [3.8, 4) is 0 Å². The summed E-state index contributed by atoms with van der Waals surface area (Å²) in [6.07, 6.45) is 5.68. The van der Waals surface area contributed by atoms with Crippen LogP contribution >= 0.6 is 0 Å². The molecular weight excluding hydrogens is 320 g/mol. The van der Waals surface area contributed by atoms with E-state index in [1.54, 1.807) is 4.90 Å². The van der Waals surface area contributed by atoms with Crippen molar-refractivity contribution in [3.63, 3.8) is 0 Å². The van der Waals surface area contributed by atoms with Gasteiger partial charge in [-0.3, -0.25) is 9.69 Å². The molecule has 1 amide bonds. The molecule has 0 spiro atoms. The van der Waals surface area contributed by atoms with Crippen molar-refractivity contribution in [1.82, 2.24) is 15.1 Å². The Morgan fingerprint density at radius 2 is 2.08 bits per heavy atom. The fraction of sp³-hybridized carbons (Fsp3) is 0.889. The van der Waals surface area contributed by atoms with Crippen molar-refractivity contribution in [2.75, 3.05) is 53.4 Å².